The third-order valence-electron chi connectivity index (χ3n) is 4.81. The minimum atomic E-state index is -0.469. The van der Waals surface area contributed by atoms with Crippen LogP contribution in [-0.4, -0.2) is 13.0 Å². The normalized spacial score (nSPS) is 10.9. The number of nitriles is 1. The van der Waals surface area contributed by atoms with Gasteiger partial charge >= 0.3 is 0 Å². The minimum absolute atomic E-state index is 0.0113. The van der Waals surface area contributed by atoms with Gasteiger partial charge in [0, 0.05) is 10.7 Å². The molecule has 0 fully saturated rings. The fraction of sp³-hybridized carbons (Fsp3) is 0.154. The molecule has 0 spiro atoms. The van der Waals surface area contributed by atoms with Crippen molar-refractivity contribution in [3.8, 4) is 17.6 Å². The Bertz CT molecular complexity index is 1190. The van der Waals surface area contributed by atoms with E-state index in [0.717, 1.165) is 16.7 Å². The van der Waals surface area contributed by atoms with Crippen LogP contribution < -0.4 is 14.8 Å². The van der Waals surface area contributed by atoms with E-state index in [-0.39, 0.29) is 5.57 Å². The minimum Gasteiger partial charge on any atom is -0.493 e. The van der Waals surface area contributed by atoms with Crippen LogP contribution in [0.3, 0.4) is 0 Å². The van der Waals surface area contributed by atoms with Gasteiger partial charge in [-0.3, -0.25) is 4.79 Å². The zero-order valence-corrected chi connectivity index (χ0v) is 18.9. The maximum Gasteiger partial charge on any atom is 0.266 e. The maximum atomic E-state index is 12.6. The number of benzene rings is 3. The standard InChI is InChI=1S/C26H23ClN2O3/c1-17-4-5-18(2)23(12-17)29-26(30)21(15-28)13-20-8-11-24(25(14-20)31-3)32-16-19-6-9-22(27)10-7-19/h4-14H,16H2,1-3H3,(H,29,30)/b21-13-. The molecular weight excluding hydrogens is 424 g/mol. The van der Waals surface area contributed by atoms with Crippen LogP contribution in [0.25, 0.3) is 6.08 Å². The van der Waals surface area contributed by atoms with E-state index in [0.29, 0.717) is 34.4 Å². The lowest BCUT2D eigenvalue weighted by atomic mass is 10.1. The van der Waals surface area contributed by atoms with Gasteiger partial charge in [0.2, 0.25) is 0 Å². The number of nitrogens with zero attached hydrogens (tertiary/aromatic N) is 1. The number of halogens is 1. The van der Waals surface area contributed by atoms with Crippen LogP contribution in [0.5, 0.6) is 11.5 Å². The number of rotatable bonds is 7. The van der Waals surface area contributed by atoms with Crippen molar-refractivity contribution in [2.24, 2.45) is 0 Å². The van der Waals surface area contributed by atoms with Crippen molar-refractivity contribution in [3.05, 3.63) is 93.5 Å². The quantitative estimate of drug-likeness (QED) is 0.352. The number of hydrogen-bond acceptors (Lipinski definition) is 4. The summed E-state index contributed by atoms with van der Waals surface area (Å²) < 4.78 is 11.3. The van der Waals surface area contributed by atoms with Gasteiger partial charge in [0.05, 0.1) is 7.11 Å². The van der Waals surface area contributed by atoms with E-state index in [4.69, 9.17) is 21.1 Å². The second-order valence-corrected chi connectivity index (χ2v) is 7.70. The summed E-state index contributed by atoms with van der Waals surface area (Å²) in [4.78, 5) is 12.6. The highest BCUT2D eigenvalue weighted by Gasteiger charge is 2.12. The van der Waals surface area contributed by atoms with E-state index < -0.39 is 5.91 Å². The van der Waals surface area contributed by atoms with Gasteiger partial charge in [0.25, 0.3) is 5.91 Å². The van der Waals surface area contributed by atoms with Crippen LogP contribution in [-0.2, 0) is 11.4 Å². The number of hydrogen-bond donors (Lipinski definition) is 1. The van der Waals surface area contributed by atoms with Crippen molar-refractivity contribution in [2.75, 3.05) is 12.4 Å². The van der Waals surface area contributed by atoms with Crippen molar-refractivity contribution in [3.63, 3.8) is 0 Å². The monoisotopic (exact) mass is 446 g/mol. The molecule has 0 aromatic heterocycles. The first-order valence-corrected chi connectivity index (χ1v) is 10.3. The zero-order chi connectivity index (χ0) is 23.1. The molecule has 0 bridgehead atoms. The van der Waals surface area contributed by atoms with Crippen LogP contribution in [0.4, 0.5) is 5.69 Å². The van der Waals surface area contributed by atoms with Gasteiger partial charge < -0.3 is 14.8 Å². The number of nitrogens with one attached hydrogen (secondary N) is 1. The van der Waals surface area contributed by atoms with Gasteiger partial charge in [-0.05, 0) is 72.5 Å². The van der Waals surface area contributed by atoms with E-state index in [9.17, 15) is 10.1 Å². The molecule has 0 aliphatic heterocycles. The van der Waals surface area contributed by atoms with E-state index in [2.05, 4.69) is 5.32 Å². The third-order valence-corrected chi connectivity index (χ3v) is 5.06. The Kier molecular flexibility index (Phi) is 7.54. The van der Waals surface area contributed by atoms with Gasteiger partial charge in [-0.2, -0.15) is 5.26 Å². The SMILES string of the molecule is COc1cc(/C=C(/C#N)C(=O)Nc2cc(C)ccc2C)ccc1OCc1ccc(Cl)cc1. The largest absolute Gasteiger partial charge is 0.493 e. The summed E-state index contributed by atoms with van der Waals surface area (Å²) in [6.07, 6.45) is 1.52. The molecule has 32 heavy (non-hydrogen) atoms. The average Bonchev–Trinajstić information content (AvgIpc) is 2.79. The average molecular weight is 447 g/mol. The lowest BCUT2D eigenvalue weighted by Gasteiger charge is -2.12. The Morgan fingerprint density at radius 3 is 2.50 bits per heavy atom. The molecule has 6 heteroatoms. The van der Waals surface area contributed by atoms with Crippen molar-refractivity contribution in [1.82, 2.24) is 0 Å². The molecular formula is C26H23ClN2O3. The Morgan fingerprint density at radius 2 is 1.81 bits per heavy atom. The first kappa shape index (κ1) is 22.9. The molecule has 0 aliphatic rings. The number of anilines is 1. The predicted molar refractivity (Wildman–Crippen MR) is 127 cm³/mol. The number of amides is 1. The van der Waals surface area contributed by atoms with E-state index in [1.807, 2.05) is 50.2 Å². The fourth-order valence-electron chi connectivity index (χ4n) is 3.01. The number of carbonyl (C=O) groups excluding carboxylic acids is 1. The third kappa shape index (κ3) is 5.90. The molecule has 0 saturated carbocycles. The summed E-state index contributed by atoms with van der Waals surface area (Å²) in [5.41, 5.74) is 4.23. The highest BCUT2D eigenvalue weighted by Crippen LogP contribution is 2.30. The maximum absolute atomic E-state index is 12.6. The molecule has 3 aromatic carbocycles. The van der Waals surface area contributed by atoms with E-state index in [1.54, 1.807) is 30.3 Å². The van der Waals surface area contributed by atoms with Gasteiger partial charge in [-0.1, -0.05) is 41.9 Å². The summed E-state index contributed by atoms with van der Waals surface area (Å²) in [6.45, 7) is 4.20. The number of carbonyl (C=O) groups is 1. The molecule has 0 atom stereocenters. The summed E-state index contributed by atoms with van der Waals surface area (Å²) in [5, 5.41) is 13.0. The van der Waals surface area contributed by atoms with Gasteiger partial charge in [-0.15, -0.1) is 0 Å². The van der Waals surface area contributed by atoms with Crippen molar-refractivity contribution in [1.29, 1.82) is 5.26 Å². The van der Waals surface area contributed by atoms with Gasteiger partial charge in [0.1, 0.15) is 18.2 Å². The highest BCUT2D eigenvalue weighted by atomic mass is 35.5. The summed E-state index contributed by atoms with van der Waals surface area (Å²) in [5.74, 6) is 0.584. The van der Waals surface area contributed by atoms with Crippen LogP contribution in [0.2, 0.25) is 5.02 Å². The first-order chi connectivity index (χ1) is 15.4. The molecule has 3 aromatic rings. The topological polar surface area (TPSA) is 71.3 Å². The van der Waals surface area contributed by atoms with Crippen molar-refractivity contribution < 1.29 is 14.3 Å². The molecule has 3 rings (SSSR count). The molecule has 0 unspecified atom stereocenters. The van der Waals surface area contributed by atoms with Crippen LogP contribution >= 0.6 is 11.6 Å². The molecule has 0 heterocycles. The predicted octanol–water partition coefficient (Wildman–Crippen LogP) is 6.09. The zero-order valence-electron chi connectivity index (χ0n) is 18.1. The molecule has 1 N–H and O–H groups in total. The van der Waals surface area contributed by atoms with E-state index >= 15 is 0 Å². The van der Waals surface area contributed by atoms with Crippen LogP contribution in [0.15, 0.2) is 66.2 Å². The van der Waals surface area contributed by atoms with E-state index in [1.165, 1.54) is 13.2 Å². The second-order valence-electron chi connectivity index (χ2n) is 7.27. The molecule has 5 nitrogen and oxygen atoms in total. The van der Waals surface area contributed by atoms with Crippen LogP contribution in [0.1, 0.15) is 22.3 Å². The number of methoxy groups -OCH3 is 1. The first-order valence-electron chi connectivity index (χ1n) is 9.95. The number of ether oxygens (including phenoxy) is 2. The van der Waals surface area contributed by atoms with Crippen molar-refractivity contribution in [2.45, 2.75) is 20.5 Å². The van der Waals surface area contributed by atoms with Gasteiger partial charge in [-0.25, -0.2) is 0 Å². The Hall–Kier alpha value is -3.75. The summed E-state index contributed by atoms with van der Waals surface area (Å²) >= 11 is 5.91. The van der Waals surface area contributed by atoms with Gasteiger partial charge in [0.15, 0.2) is 11.5 Å². The second kappa shape index (κ2) is 10.5. The molecule has 0 radical (unpaired) electrons. The molecule has 1 amide bonds. The Balaban J connectivity index is 1.76. The lowest BCUT2D eigenvalue weighted by Crippen LogP contribution is -2.14. The molecule has 162 valence electrons. The van der Waals surface area contributed by atoms with Crippen LogP contribution in [0, 0.1) is 25.2 Å². The van der Waals surface area contributed by atoms with Crippen molar-refractivity contribution >= 4 is 29.3 Å². The number of aryl methyl sites for hydroxylation is 2. The summed E-state index contributed by atoms with van der Waals surface area (Å²) in [7, 11) is 1.54. The Morgan fingerprint density at radius 1 is 1.06 bits per heavy atom. The highest BCUT2D eigenvalue weighted by molar-refractivity contribution is 6.30. The Labute approximate surface area is 192 Å². The smallest absolute Gasteiger partial charge is 0.266 e. The molecule has 0 saturated heterocycles. The fourth-order valence-corrected chi connectivity index (χ4v) is 3.14. The molecule has 0 aliphatic carbocycles. The lowest BCUT2D eigenvalue weighted by molar-refractivity contribution is -0.112. The summed E-state index contributed by atoms with van der Waals surface area (Å²) in [6, 6.07) is 20.4.